The van der Waals surface area contributed by atoms with Crippen LogP contribution in [0, 0.1) is 0 Å². The number of hydrogen-bond acceptors (Lipinski definition) is 6. The first-order valence-electron chi connectivity index (χ1n) is 7.18. The first-order valence-corrected chi connectivity index (χ1v) is 8.06. The first-order chi connectivity index (χ1) is 10.5. The van der Waals surface area contributed by atoms with Gasteiger partial charge in [0.1, 0.15) is 5.75 Å². The number of aromatic nitrogens is 1. The Morgan fingerprint density at radius 1 is 1.36 bits per heavy atom. The number of nitrogens with zero attached hydrogens (tertiary/aromatic N) is 1. The van der Waals surface area contributed by atoms with Gasteiger partial charge in [0.05, 0.1) is 11.8 Å². The summed E-state index contributed by atoms with van der Waals surface area (Å²) in [6.45, 7) is 5.52. The second kappa shape index (κ2) is 7.26. The molecule has 1 aromatic heterocycles. The second-order valence-electron chi connectivity index (χ2n) is 5.07. The molecule has 5 nitrogen and oxygen atoms in total. The van der Waals surface area contributed by atoms with Crippen LogP contribution in [0.4, 0.5) is 5.13 Å². The lowest BCUT2D eigenvalue weighted by molar-refractivity contribution is -0.155. The van der Waals surface area contributed by atoms with Gasteiger partial charge in [0.15, 0.2) is 11.2 Å². The van der Waals surface area contributed by atoms with E-state index in [1.807, 2.05) is 50.4 Å². The molecule has 0 saturated heterocycles. The molecule has 1 heterocycles. The lowest BCUT2D eigenvalue weighted by Crippen LogP contribution is -2.30. The highest BCUT2D eigenvalue weighted by Crippen LogP contribution is 2.32. The van der Waals surface area contributed by atoms with Crippen molar-refractivity contribution in [1.29, 1.82) is 0 Å². The molecule has 0 aliphatic rings. The molecule has 22 heavy (non-hydrogen) atoms. The smallest absolute Gasteiger partial charge is 0.347 e. The number of anilines is 1. The van der Waals surface area contributed by atoms with Crippen molar-refractivity contribution in [3.8, 4) is 17.0 Å². The van der Waals surface area contributed by atoms with E-state index in [0.29, 0.717) is 17.3 Å². The van der Waals surface area contributed by atoms with Gasteiger partial charge in [-0.25, -0.2) is 9.78 Å². The summed E-state index contributed by atoms with van der Waals surface area (Å²) in [6, 6.07) is 7.46. The minimum Gasteiger partial charge on any atom is -0.478 e. The Morgan fingerprint density at radius 3 is 2.68 bits per heavy atom. The largest absolute Gasteiger partial charge is 0.478 e. The third-order valence-corrected chi connectivity index (χ3v) is 3.61. The van der Waals surface area contributed by atoms with Crippen LogP contribution in [0.25, 0.3) is 11.3 Å². The van der Waals surface area contributed by atoms with Crippen LogP contribution in [0.15, 0.2) is 29.6 Å². The number of carbonyl (C=O) groups excluding carboxylic acids is 1. The van der Waals surface area contributed by atoms with Crippen LogP contribution in [0.5, 0.6) is 5.75 Å². The zero-order chi connectivity index (χ0) is 16.1. The van der Waals surface area contributed by atoms with Crippen molar-refractivity contribution in [2.75, 3.05) is 5.73 Å². The van der Waals surface area contributed by atoms with Gasteiger partial charge < -0.3 is 15.2 Å². The van der Waals surface area contributed by atoms with Crippen molar-refractivity contribution < 1.29 is 14.3 Å². The summed E-state index contributed by atoms with van der Waals surface area (Å²) >= 11 is 1.37. The molecule has 1 aromatic carbocycles. The predicted octanol–water partition coefficient (Wildman–Crippen LogP) is 3.50. The molecule has 0 aliphatic heterocycles. The fourth-order valence-electron chi connectivity index (χ4n) is 1.95. The minimum absolute atomic E-state index is 0.168. The Kier molecular flexibility index (Phi) is 5.38. The summed E-state index contributed by atoms with van der Waals surface area (Å²) in [6.07, 6.45) is -0.280. The van der Waals surface area contributed by atoms with Gasteiger partial charge in [-0.3, -0.25) is 0 Å². The topological polar surface area (TPSA) is 74.4 Å². The van der Waals surface area contributed by atoms with Gasteiger partial charge in [-0.1, -0.05) is 19.1 Å². The summed E-state index contributed by atoms with van der Waals surface area (Å²) in [4.78, 5) is 16.3. The van der Waals surface area contributed by atoms with Crippen molar-refractivity contribution in [1.82, 2.24) is 4.98 Å². The van der Waals surface area contributed by atoms with E-state index in [4.69, 9.17) is 15.2 Å². The molecule has 0 radical (unpaired) electrons. The van der Waals surface area contributed by atoms with E-state index < -0.39 is 6.10 Å². The average Bonchev–Trinajstić information content (AvgIpc) is 2.90. The van der Waals surface area contributed by atoms with E-state index in [1.54, 1.807) is 0 Å². The molecule has 2 N–H and O–H groups in total. The fourth-order valence-corrected chi connectivity index (χ4v) is 2.52. The minimum atomic E-state index is -0.639. The summed E-state index contributed by atoms with van der Waals surface area (Å²) in [5, 5.41) is 2.36. The van der Waals surface area contributed by atoms with Gasteiger partial charge in [-0.2, -0.15) is 0 Å². The SMILES string of the molecule is CCC(Oc1ccccc1-c1csc(N)n1)C(=O)OC(C)C. The van der Waals surface area contributed by atoms with Gasteiger partial charge in [-0.15, -0.1) is 11.3 Å². The Morgan fingerprint density at radius 2 is 2.09 bits per heavy atom. The number of esters is 1. The molecule has 0 amide bonds. The Balaban J connectivity index is 2.23. The van der Waals surface area contributed by atoms with Crippen LogP contribution >= 0.6 is 11.3 Å². The first kappa shape index (κ1) is 16.3. The van der Waals surface area contributed by atoms with Crippen molar-refractivity contribution in [2.24, 2.45) is 0 Å². The molecular formula is C16H20N2O3S. The van der Waals surface area contributed by atoms with Crippen molar-refractivity contribution >= 4 is 22.4 Å². The molecule has 2 rings (SSSR count). The van der Waals surface area contributed by atoms with E-state index in [-0.39, 0.29) is 12.1 Å². The Labute approximate surface area is 134 Å². The highest BCUT2D eigenvalue weighted by Gasteiger charge is 2.22. The van der Waals surface area contributed by atoms with Crippen LogP contribution < -0.4 is 10.5 Å². The van der Waals surface area contributed by atoms with Crippen LogP contribution in [-0.4, -0.2) is 23.2 Å². The van der Waals surface area contributed by atoms with Gasteiger partial charge in [0.2, 0.25) is 0 Å². The number of rotatable bonds is 6. The number of nitrogen functional groups attached to an aromatic ring is 1. The lowest BCUT2D eigenvalue weighted by atomic mass is 10.1. The third-order valence-electron chi connectivity index (χ3n) is 2.94. The maximum Gasteiger partial charge on any atom is 0.347 e. The van der Waals surface area contributed by atoms with Crippen LogP contribution in [0.2, 0.25) is 0 Å². The molecule has 1 atom stereocenters. The van der Waals surface area contributed by atoms with Crippen molar-refractivity contribution in [2.45, 2.75) is 39.4 Å². The zero-order valence-electron chi connectivity index (χ0n) is 12.9. The molecule has 6 heteroatoms. The molecule has 0 spiro atoms. The molecule has 0 bridgehead atoms. The monoisotopic (exact) mass is 320 g/mol. The fraction of sp³-hybridized carbons (Fsp3) is 0.375. The predicted molar refractivity (Wildman–Crippen MR) is 87.9 cm³/mol. The molecule has 0 aliphatic carbocycles. The van der Waals surface area contributed by atoms with Gasteiger partial charge in [0, 0.05) is 10.9 Å². The van der Waals surface area contributed by atoms with Crippen molar-refractivity contribution in [3.63, 3.8) is 0 Å². The number of thiazole rings is 1. The average molecular weight is 320 g/mol. The second-order valence-corrected chi connectivity index (χ2v) is 5.96. The molecule has 1 unspecified atom stereocenters. The van der Waals surface area contributed by atoms with Gasteiger partial charge >= 0.3 is 5.97 Å². The lowest BCUT2D eigenvalue weighted by Gasteiger charge is -2.19. The molecule has 0 fully saturated rings. The summed E-state index contributed by atoms with van der Waals surface area (Å²) in [7, 11) is 0. The molecule has 118 valence electrons. The van der Waals surface area contributed by atoms with E-state index >= 15 is 0 Å². The van der Waals surface area contributed by atoms with Crippen LogP contribution in [0.1, 0.15) is 27.2 Å². The standard InChI is InChI=1S/C16H20N2O3S/c1-4-13(15(19)20-10(2)3)21-14-8-6-5-7-11(14)12-9-22-16(17)18-12/h5-10,13H,4H2,1-3H3,(H2,17,18). The molecule has 2 aromatic rings. The zero-order valence-corrected chi connectivity index (χ0v) is 13.7. The number of benzene rings is 1. The number of nitrogens with two attached hydrogens (primary N) is 1. The highest BCUT2D eigenvalue weighted by atomic mass is 32.1. The molecule has 0 saturated carbocycles. The van der Waals surface area contributed by atoms with E-state index in [1.165, 1.54) is 11.3 Å². The number of ether oxygens (including phenoxy) is 2. The third kappa shape index (κ3) is 3.98. The Hall–Kier alpha value is -2.08. The number of hydrogen-bond donors (Lipinski definition) is 1. The number of carbonyl (C=O) groups is 1. The van der Waals surface area contributed by atoms with Crippen molar-refractivity contribution in [3.05, 3.63) is 29.6 Å². The highest BCUT2D eigenvalue weighted by molar-refractivity contribution is 7.13. The van der Waals surface area contributed by atoms with E-state index in [2.05, 4.69) is 4.98 Å². The maximum atomic E-state index is 12.1. The Bertz CT molecular complexity index is 640. The summed E-state index contributed by atoms with van der Waals surface area (Å²) < 4.78 is 11.1. The van der Waals surface area contributed by atoms with E-state index in [9.17, 15) is 4.79 Å². The maximum absolute atomic E-state index is 12.1. The quantitative estimate of drug-likeness (QED) is 0.825. The summed E-state index contributed by atoms with van der Waals surface area (Å²) in [5.41, 5.74) is 7.24. The van der Waals surface area contributed by atoms with Gasteiger partial charge in [0.25, 0.3) is 0 Å². The number of para-hydroxylation sites is 1. The van der Waals surface area contributed by atoms with E-state index in [0.717, 1.165) is 11.3 Å². The van der Waals surface area contributed by atoms with Gasteiger partial charge in [-0.05, 0) is 32.4 Å². The summed E-state index contributed by atoms with van der Waals surface area (Å²) in [5.74, 6) is 0.241. The molecular weight excluding hydrogens is 300 g/mol. The van der Waals surface area contributed by atoms with Crippen LogP contribution in [0.3, 0.4) is 0 Å². The normalized spacial score (nSPS) is 12.2. The van der Waals surface area contributed by atoms with Crippen LogP contribution in [-0.2, 0) is 9.53 Å².